The summed E-state index contributed by atoms with van der Waals surface area (Å²) in [5.74, 6) is 4.66. The second-order valence-electron chi connectivity index (χ2n) is 11.6. The molecule has 1 N–H and O–H groups in total. The molecule has 0 aromatic heterocycles. The zero-order valence-corrected chi connectivity index (χ0v) is 19.1. The Bertz CT molecular complexity index is 691. The van der Waals surface area contributed by atoms with E-state index in [9.17, 15) is 9.90 Å². The van der Waals surface area contributed by atoms with Gasteiger partial charge < -0.3 is 5.11 Å². The summed E-state index contributed by atoms with van der Waals surface area (Å²) in [6, 6.07) is 0. The van der Waals surface area contributed by atoms with Crippen LogP contribution in [0.25, 0.3) is 0 Å². The fourth-order valence-electron chi connectivity index (χ4n) is 8.05. The van der Waals surface area contributed by atoms with Gasteiger partial charge in [0.15, 0.2) is 5.78 Å². The third kappa shape index (κ3) is 3.58. The highest BCUT2D eigenvalue weighted by Gasteiger charge is 2.58. The molecule has 4 aliphatic carbocycles. The highest BCUT2D eigenvalue weighted by molar-refractivity contribution is 5.92. The number of fused-ring (bicyclic) bond motifs is 5. The Labute approximate surface area is 178 Å². The van der Waals surface area contributed by atoms with Crippen LogP contribution in [0.15, 0.2) is 23.8 Å². The standard InChI is InChI=1S/C27H42O2/c1-18(17-28)6-5-7-19(2)23-10-11-24-22-9-8-20-16-21(29)12-14-26(20,3)25(22)13-15-27(23,24)4/h8-9,16,18-19,22-25,28H,5-7,10-15,17H2,1-4H3/t18-,19?,22?,23-,24?,25?,26+,27-/m1/s1. The molecule has 8 atom stereocenters. The highest BCUT2D eigenvalue weighted by atomic mass is 16.3. The van der Waals surface area contributed by atoms with Crippen molar-refractivity contribution in [3.05, 3.63) is 23.8 Å². The molecule has 2 saturated carbocycles. The second kappa shape index (κ2) is 7.98. The van der Waals surface area contributed by atoms with Gasteiger partial charge in [-0.3, -0.25) is 4.79 Å². The van der Waals surface area contributed by atoms with E-state index >= 15 is 0 Å². The maximum atomic E-state index is 12.0. The summed E-state index contributed by atoms with van der Waals surface area (Å²) in [6.45, 7) is 10.1. The lowest BCUT2D eigenvalue weighted by Crippen LogP contribution is -2.49. The lowest BCUT2D eigenvalue weighted by Gasteiger charge is -2.56. The molecule has 2 fully saturated rings. The van der Waals surface area contributed by atoms with Crippen LogP contribution in [0.4, 0.5) is 0 Å². The summed E-state index contributed by atoms with van der Waals surface area (Å²) in [7, 11) is 0. The Kier molecular flexibility index (Phi) is 5.88. The van der Waals surface area contributed by atoms with Crippen LogP contribution in [0.5, 0.6) is 0 Å². The topological polar surface area (TPSA) is 37.3 Å². The first kappa shape index (κ1) is 21.3. The maximum Gasteiger partial charge on any atom is 0.156 e. The first-order chi connectivity index (χ1) is 13.8. The first-order valence-electron chi connectivity index (χ1n) is 12.3. The van der Waals surface area contributed by atoms with Crippen molar-refractivity contribution < 1.29 is 9.90 Å². The second-order valence-corrected chi connectivity index (χ2v) is 11.6. The quantitative estimate of drug-likeness (QED) is 0.566. The number of aliphatic hydroxyl groups excluding tert-OH is 1. The van der Waals surface area contributed by atoms with E-state index in [-0.39, 0.29) is 5.41 Å². The average molecular weight is 399 g/mol. The summed E-state index contributed by atoms with van der Waals surface area (Å²) in [4.78, 5) is 12.0. The number of carbonyl (C=O) groups is 1. The Hall–Kier alpha value is -0.890. The molecule has 2 heteroatoms. The van der Waals surface area contributed by atoms with Crippen molar-refractivity contribution in [1.29, 1.82) is 0 Å². The summed E-state index contributed by atoms with van der Waals surface area (Å²) < 4.78 is 0. The number of hydrogen-bond donors (Lipinski definition) is 1. The Balaban J connectivity index is 1.49. The molecule has 0 radical (unpaired) electrons. The van der Waals surface area contributed by atoms with Crippen molar-refractivity contribution in [3.8, 4) is 0 Å². The Morgan fingerprint density at radius 1 is 1.10 bits per heavy atom. The molecule has 4 aliphatic rings. The minimum absolute atomic E-state index is 0.221. The largest absolute Gasteiger partial charge is 0.396 e. The van der Waals surface area contributed by atoms with Crippen LogP contribution in [0.2, 0.25) is 0 Å². The van der Waals surface area contributed by atoms with E-state index in [1.165, 1.54) is 44.1 Å². The van der Waals surface area contributed by atoms with Crippen LogP contribution < -0.4 is 0 Å². The molecule has 0 heterocycles. The van der Waals surface area contributed by atoms with E-state index in [4.69, 9.17) is 0 Å². The molecule has 0 aliphatic heterocycles. The molecule has 0 saturated heterocycles. The summed E-state index contributed by atoms with van der Waals surface area (Å²) in [6.07, 6.45) is 17.8. The molecule has 4 unspecified atom stereocenters. The van der Waals surface area contributed by atoms with Crippen molar-refractivity contribution in [1.82, 2.24) is 0 Å². The lowest BCUT2D eigenvalue weighted by molar-refractivity contribution is -0.116. The van der Waals surface area contributed by atoms with Gasteiger partial charge in [-0.25, -0.2) is 0 Å². The van der Waals surface area contributed by atoms with Crippen molar-refractivity contribution in [2.75, 3.05) is 6.61 Å². The molecule has 2 nitrogen and oxygen atoms in total. The molecule has 0 bridgehead atoms. The van der Waals surface area contributed by atoms with Crippen molar-refractivity contribution >= 4 is 5.78 Å². The van der Waals surface area contributed by atoms with Gasteiger partial charge in [-0.2, -0.15) is 0 Å². The monoisotopic (exact) mass is 398 g/mol. The molecule has 0 amide bonds. The normalized spacial score (nSPS) is 43.2. The number of rotatable bonds is 6. The minimum atomic E-state index is 0.221. The average Bonchev–Trinajstić information content (AvgIpc) is 3.05. The summed E-state index contributed by atoms with van der Waals surface area (Å²) in [5, 5.41) is 9.31. The summed E-state index contributed by atoms with van der Waals surface area (Å²) >= 11 is 0. The third-order valence-electron chi connectivity index (χ3n) is 9.94. The summed E-state index contributed by atoms with van der Waals surface area (Å²) in [5.41, 5.74) is 2.02. The maximum absolute atomic E-state index is 12.0. The third-order valence-corrected chi connectivity index (χ3v) is 9.94. The lowest BCUT2D eigenvalue weighted by atomic mass is 9.48. The van der Waals surface area contributed by atoms with E-state index < -0.39 is 0 Å². The van der Waals surface area contributed by atoms with Gasteiger partial charge in [-0.05, 0) is 96.5 Å². The first-order valence-corrected chi connectivity index (χ1v) is 12.3. The zero-order valence-electron chi connectivity index (χ0n) is 19.1. The Morgan fingerprint density at radius 3 is 2.66 bits per heavy atom. The van der Waals surface area contributed by atoms with Crippen LogP contribution in [0.1, 0.15) is 85.5 Å². The molecule has 29 heavy (non-hydrogen) atoms. The molecular weight excluding hydrogens is 356 g/mol. The van der Waals surface area contributed by atoms with Gasteiger partial charge in [0.25, 0.3) is 0 Å². The number of carbonyl (C=O) groups excluding carboxylic acids is 1. The smallest absolute Gasteiger partial charge is 0.156 e. The van der Waals surface area contributed by atoms with Crippen LogP contribution in [0, 0.1) is 46.3 Å². The number of hydrogen-bond acceptors (Lipinski definition) is 2. The van der Waals surface area contributed by atoms with Crippen molar-refractivity contribution in [3.63, 3.8) is 0 Å². The molecule has 0 aromatic rings. The van der Waals surface area contributed by atoms with Crippen molar-refractivity contribution in [2.45, 2.75) is 85.5 Å². The van der Waals surface area contributed by atoms with Gasteiger partial charge >= 0.3 is 0 Å². The van der Waals surface area contributed by atoms with E-state index in [0.29, 0.717) is 29.6 Å². The number of ketones is 1. The van der Waals surface area contributed by atoms with E-state index in [2.05, 4.69) is 39.8 Å². The van der Waals surface area contributed by atoms with Gasteiger partial charge in [-0.1, -0.05) is 52.7 Å². The highest BCUT2D eigenvalue weighted by Crippen LogP contribution is 2.66. The van der Waals surface area contributed by atoms with Gasteiger partial charge in [0, 0.05) is 13.0 Å². The zero-order chi connectivity index (χ0) is 20.8. The fourth-order valence-corrected chi connectivity index (χ4v) is 8.05. The SMILES string of the molecule is CC(CCC[C@@H](C)CO)[C@H]1CCC2C3C=CC4=CC(=O)CC[C@]4(C)C3CC[C@@]21C. The van der Waals surface area contributed by atoms with Gasteiger partial charge in [0.1, 0.15) is 0 Å². The molecule has 0 aromatic carbocycles. The van der Waals surface area contributed by atoms with Crippen molar-refractivity contribution in [2.24, 2.45) is 46.3 Å². The van der Waals surface area contributed by atoms with Crippen LogP contribution in [-0.4, -0.2) is 17.5 Å². The molecule has 162 valence electrons. The fraction of sp³-hybridized carbons (Fsp3) is 0.815. The van der Waals surface area contributed by atoms with Gasteiger partial charge in [0.05, 0.1) is 0 Å². The van der Waals surface area contributed by atoms with Gasteiger partial charge in [-0.15, -0.1) is 0 Å². The number of aliphatic hydroxyl groups is 1. The van der Waals surface area contributed by atoms with Crippen LogP contribution in [0.3, 0.4) is 0 Å². The predicted molar refractivity (Wildman–Crippen MR) is 119 cm³/mol. The van der Waals surface area contributed by atoms with E-state index in [1.807, 2.05) is 6.08 Å². The minimum Gasteiger partial charge on any atom is -0.396 e. The molecule has 0 spiro atoms. The predicted octanol–water partition coefficient (Wildman–Crippen LogP) is 6.35. The van der Waals surface area contributed by atoms with E-state index in [1.54, 1.807) is 0 Å². The van der Waals surface area contributed by atoms with E-state index in [0.717, 1.165) is 42.9 Å². The van der Waals surface area contributed by atoms with Crippen LogP contribution in [-0.2, 0) is 4.79 Å². The molecular formula is C27H42O2. The molecule has 4 rings (SSSR count). The Morgan fingerprint density at radius 2 is 1.90 bits per heavy atom. The van der Waals surface area contributed by atoms with Gasteiger partial charge in [0.2, 0.25) is 0 Å². The van der Waals surface area contributed by atoms with Crippen LogP contribution >= 0.6 is 0 Å². The number of allylic oxidation sites excluding steroid dienone is 4.